The first-order valence-corrected chi connectivity index (χ1v) is 9.33. The molecule has 1 aliphatic carbocycles. The molecule has 1 saturated carbocycles. The third-order valence-corrected chi connectivity index (χ3v) is 5.36. The van der Waals surface area contributed by atoms with Crippen molar-refractivity contribution in [2.75, 3.05) is 26.7 Å². The van der Waals surface area contributed by atoms with Gasteiger partial charge in [0.25, 0.3) is 5.91 Å². The molecule has 8 nitrogen and oxygen atoms in total. The number of nitrogens with one attached hydrogen (secondary N) is 1. The number of piperazine rings is 1. The fraction of sp³-hybridized carbons (Fsp3) is 0.667. The van der Waals surface area contributed by atoms with Crippen LogP contribution in [0.3, 0.4) is 0 Å². The second-order valence-corrected chi connectivity index (χ2v) is 7.78. The van der Waals surface area contributed by atoms with Gasteiger partial charge in [-0.1, -0.05) is 19.0 Å². The average Bonchev–Trinajstić information content (AvgIpc) is 3.21. The summed E-state index contributed by atoms with van der Waals surface area (Å²) in [7, 11) is 2.04. The van der Waals surface area contributed by atoms with Crippen LogP contribution in [-0.2, 0) is 0 Å². The van der Waals surface area contributed by atoms with Crippen LogP contribution in [0, 0.1) is 6.92 Å². The smallest absolute Gasteiger partial charge is 0.257 e. The normalized spacial score (nSPS) is 21.6. The SMILES string of the molecule is Cc1[nH]nc(C(C)C)c1C(=O)N1CCN(C)[C@@H](c2nc(C3CC3)no2)C1. The Morgan fingerprint density at radius 3 is 2.77 bits per heavy atom. The standard InChI is InChI=1S/C18H26N6O2/c1-10(2)15-14(11(3)20-21-15)18(25)24-8-7-23(4)13(9-24)17-19-16(22-26-17)12-5-6-12/h10,12-13H,5-9H2,1-4H3,(H,20,21)/t13-/m1/s1. The minimum atomic E-state index is -0.0672. The summed E-state index contributed by atoms with van der Waals surface area (Å²) in [4.78, 5) is 21.8. The van der Waals surface area contributed by atoms with Gasteiger partial charge < -0.3 is 9.42 Å². The average molecular weight is 358 g/mol. The van der Waals surface area contributed by atoms with Crippen molar-refractivity contribution in [3.05, 3.63) is 28.7 Å². The van der Waals surface area contributed by atoms with E-state index in [2.05, 4.69) is 39.1 Å². The van der Waals surface area contributed by atoms with Crippen molar-refractivity contribution in [2.45, 2.75) is 51.5 Å². The number of aromatic amines is 1. The quantitative estimate of drug-likeness (QED) is 0.901. The Bertz CT molecular complexity index is 806. The zero-order valence-corrected chi connectivity index (χ0v) is 15.8. The van der Waals surface area contributed by atoms with Gasteiger partial charge >= 0.3 is 0 Å². The van der Waals surface area contributed by atoms with E-state index in [1.165, 1.54) is 0 Å². The van der Waals surface area contributed by atoms with Crippen molar-refractivity contribution < 1.29 is 9.32 Å². The van der Waals surface area contributed by atoms with Gasteiger partial charge in [0.1, 0.15) is 6.04 Å². The maximum Gasteiger partial charge on any atom is 0.257 e. The minimum Gasteiger partial charge on any atom is -0.338 e. The molecule has 4 rings (SSSR count). The van der Waals surface area contributed by atoms with Gasteiger partial charge in [0.2, 0.25) is 5.89 Å². The third-order valence-electron chi connectivity index (χ3n) is 5.36. The Morgan fingerprint density at radius 2 is 2.08 bits per heavy atom. The molecule has 3 heterocycles. The summed E-state index contributed by atoms with van der Waals surface area (Å²) in [5, 5.41) is 11.4. The van der Waals surface area contributed by atoms with E-state index in [-0.39, 0.29) is 17.9 Å². The van der Waals surface area contributed by atoms with Crippen molar-refractivity contribution in [1.29, 1.82) is 0 Å². The number of aryl methyl sites for hydroxylation is 1. The Morgan fingerprint density at radius 1 is 1.31 bits per heavy atom. The molecule has 1 atom stereocenters. The summed E-state index contributed by atoms with van der Waals surface area (Å²) in [5.74, 6) is 2.10. The predicted octanol–water partition coefficient (Wildman–Crippen LogP) is 2.23. The number of aromatic nitrogens is 4. The number of carbonyl (C=O) groups excluding carboxylic acids is 1. The topological polar surface area (TPSA) is 91.2 Å². The molecular formula is C18H26N6O2. The summed E-state index contributed by atoms with van der Waals surface area (Å²) in [6, 6.07) is -0.0672. The van der Waals surface area contributed by atoms with Crippen LogP contribution in [0.15, 0.2) is 4.52 Å². The molecule has 0 bridgehead atoms. The van der Waals surface area contributed by atoms with Crippen molar-refractivity contribution in [3.63, 3.8) is 0 Å². The van der Waals surface area contributed by atoms with Crippen LogP contribution < -0.4 is 0 Å². The first kappa shape index (κ1) is 17.2. The Hall–Kier alpha value is -2.22. The Balaban J connectivity index is 1.56. The van der Waals surface area contributed by atoms with Crippen LogP contribution in [0.2, 0.25) is 0 Å². The number of likely N-dealkylation sites (N-methyl/N-ethyl adjacent to an activating group) is 1. The van der Waals surface area contributed by atoms with E-state index in [1.54, 1.807) is 0 Å². The molecule has 1 aliphatic heterocycles. The molecule has 0 unspecified atom stereocenters. The largest absolute Gasteiger partial charge is 0.338 e. The molecule has 1 N–H and O–H groups in total. The minimum absolute atomic E-state index is 0.0278. The lowest BCUT2D eigenvalue weighted by atomic mass is 10.0. The van der Waals surface area contributed by atoms with Gasteiger partial charge in [-0.2, -0.15) is 10.1 Å². The van der Waals surface area contributed by atoms with Gasteiger partial charge in [-0.3, -0.25) is 14.8 Å². The van der Waals surface area contributed by atoms with Crippen molar-refractivity contribution in [2.24, 2.45) is 0 Å². The van der Waals surface area contributed by atoms with Gasteiger partial charge in [0.05, 0.1) is 11.3 Å². The molecule has 2 aromatic rings. The zero-order valence-electron chi connectivity index (χ0n) is 15.8. The molecule has 2 aliphatic rings. The number of amides is 1. The van der Waals surface area contributed by atoms with Gasteiger partial charge in [-0.05, 0) is 32.7 Å². The third kappa shape index (κ3) is 3.02. The highest BCUT2D eigenvalue weighted by molar-refractivity contribution is 5.96. The molecule has 0 spiro atoms. The molecule has 26 heavy (non-hydrogen) atoms. The molecule has 0 aromatic carbocycles. The van der Waals surface area contributed by atoms with E-state index in [4.69, 9.17) is 4.52 Å². The van der Waals surface area contributed by atoms with Crippen molar-refractivity contribution >= 4 is 5.91 Å². The van der Waals surface area contributed by atoms with Crippen molar-refractivity contribution in [3.8, 4) is 0 Å². The van der Waals surface area contributed by atoms with Gasteiger partial charge in [-0.25, -0.2) is 0 Å². The monoisotopic (exact) mass is 358 g/mol. The van der Waals surface area contributed by atoms with Crippen LogP contribution >= 0.6 is 0 Å². The molecule has 1 amide bonds. The van der Waals surface area contributed by atoms with E-state index >= 15 is 0 Å². The van der Waals surface area contributed by atoms with Crippen LogP contribution in [0.4, 0.5) is 0 Å². The fourth-order valence-electron chi connectivity index (χ4n) is 3.51. The van der Waals surface area contributed by atoms with Gasteiger partial charge in [0.15, 0.2) is 5.82 Å². The number of rotatable bonds is 4. The van der Waals surface area contributed by atoms with E-state index in [1.807, 2.05) is 18.9 Å². The molecule has 1 saturated heterocycles. The molecule has 0 radical (unpaired) electrons. The maximum absolute atomic E-state index is 13.2. The van der Waals surface area contributed by atoms with E-state index in [0.29, 0.717) is 30.5 Å². The van der Waals surface area contributed by atoms with Gasteiger partial charge in [0, 0.05) is 31.2 Å². The molecule has 8 heteroatoms. The van der Waals surface area contributed by atoms with E-state index in [9.17, 15) is 4.79 Å². The lowest BCUT2D eigenvalue weighted by molar-refractivity contribution is 0.0487. The number of hydrogen-bond acceptors (Lipinski definition) is 6. The second kappa shape index (κ2) is 6.50. The highest BCUT2D eigenvalue weighted by Gasteiger charge is 2.36. The van der Waals surface area contributed by atoms with E-state index < -0.39 is 0 Å². The predicted molar refractivity (Wildman–Crippen MR) is 95.0 cm³/mol. The summed E-state index contributed by atoms with van der Waals surface area (Å²) >= 11 is 0. The summed E-state index contributed by atoms with van der Waals surface area (Å²) in [6.07, 6.45) is 2.28. The second-order valence-electron chi connectivity index (χ2n) is 7.78. The Labute approximate surface area is 152 Å². The number of H-pyrrole nitrogens is 1. The van der Waals surface area contributed by atoms with Crippen LogP contribution in [0.1, 0.15) is 78.0 Å². The van der Waals surface area contributed by atoms with Crippen LogP contribution in [0.25, 0.3) is 0 Å². The maximum atomic E-state index is 13.2. The van der Waals surface area contributed by atoms with E-state index in [0.717, 1.165) is 36.6 Å². The first-order chi connectivity index (χ1) is 12.5. The molecule has 2 aromatic heterocycles. The number of hydrogen-bond donors (Lipinski definition) is 1. The lowest BCUT2D eigenvalue weighted by Crippen LogP contribution is -2.49. The lowest BCUT2D eigenvalue weighted by Gasteiger charge is -2.37. The summed E-state index contributed by atoms with van der Waals surface area (Å²) in [5.41, 5.74) is 2.35. The fourth-order valence-corrected chi connectivity index (χ4v) is 3.51. The molecular weight excluding hydrogens is 332 g/mol. The summed E-state index contributed by atoms with van der Waals surface area (Å²) < 4.78 is 5.52. The van der Waals surface area contributed by atoms with Crippen molar-refractivity contribution in [1.82, 2.24) is 30.1 Å². The Kier molecular flexibility index (Phi) is 4.30. The van der Waals surface area contributed by atoms with Gasteiger partial charge in [-0.15, -0.1) is 0 Å². The number of carbonyl (C=O) groups is 1. The van der Waals surface area contributed by atoms with Crippen LogP contribution in [-0.4, -0.2) is 62.7 Å². The highest BCUT2D eigenvalue weighted by atomic mass is 16.5. The first-order valence-electron chi connectivity index (χ1n) is 9.33. The molecule has 140 valence electrons. The zero-order chi connectivity index (χ0) is 18.4. The summed E-state index contributed by atoms with van der Waals surface area (Å²) in [6.45, 7) is 8.00. The highest BCUT2D eigenvalue weighted by Crippen LogP contribution is 2.39. The number of nitrogens with zero attached hydrogens (tertiary/aromatic N) is 5. The van der Waals surface area contributed by atoms with Crippen LogP contribution in [0.5, 0.6) is 0 Å². The molecule has 2 fully saturated rings.